The number of amides is 1. The first-order chi connectivity index (χ1) is 15.0. The van der Waals surface area contributed by atoms with Gasteiger partial charge in [0.25, 0.3) is 0 Å². The van der Waals surface area contributed by atoms with Crippen molar-refractivity contribution in [2.24, 2.45) is 0 Å². The molecule has 3 aromatic rings. The van der Waals surface area contributed by atoms with E-state index in [1.54, 1.807) is 25.1 Å². The molecule has 162 valence electrons. The van der Waals surface area contributed by atoms with Gasteiger partial charge in [-0.15, -0.1) is 10.2 Å². The van der Waals surface area contributed by atoms with E-state index >= 15 is 0 Å². The van der Waals surface area contributed by atoms with Gasteiger partial charge < -0.3 is 9.64 Å². The molecule has 7 nitrogen and oxygen atoms in total. The molecule has 4 rings (SSSR count). The Bertz CT molecular complexity index is 1010. The van der Waals surface area contributed by atoms with Crippen molar-refractivity contribution in [3.05, 3.63) is 65.3 Å². The molecule has 1 aromatic carbocycles. The molecule has 2 heterocycles. The fourth-order valence-corrected chi connectivity index (χ4v) is 4.04. The van der Waals surface area contributed by atoms with Crippen molar-refractivity contribution in [2.75, 3.05) is 7.05 Å². The number of aromatic nitrogens is 4. The van der Waals surface area contributed by atoms with E-state index in [1.807, 2.05) is 42.5 Å². The molecule has 0 aliphatic heterocycles. The molecule has 1 fully saturated rings. The van der Waals surface area contributed by atoms with E-state index in [0.717, 1.165) is 43.0 Å². The Morgan fingerprint density at radius 3 is 2.52 bits per heavy atom. The minimum absolute atomic E-state index is 0.0145. The minimum atomic E-state index is -0.0145. The number of rotatable bonds is 6. The van der Waals surface area contributed by atoms with Crippen molar-refractivity contribution in [3.63, 3.8) is 0 Å². The summed E-state index contributed by atoms with van der Waals surface area (Å²) < 4.78 is 8.11. The molecule has 0 spiro atoms. The van der Waals surface area contributed by atoms with Crippen LogP contribution in [0.1, 0.15) is 50.2 Å². The molecule has 1 aliphatic rings. The van der Waals surface area contributed by atoms with Crippen LogP contribution in [0.25, 0.3) is 5.69 Å². The molecule has 1 aliphatic carbocycles. The number of halogens is 1. The Kier molecular flexibility index (Phi) is 6.51. The maximum Gasteiger partial charge on any atom is 0.219 e. The monoisotopic (exact) mass is 439 g/mol. The smallest absolute Gasteiger partial charge is 0.219 e. The third-order valence-electron chi connectivity index (χ3n) is 5.72. The number of hydrogen-bond donors (Lipinski definition) is 0. The summed E-state index contributed by atoms with van der Waals surface area (Å²) in [6, 6.07) is 13.3. The van der Waals surface area contributed by atoms with Crippen molar-refractivity contribution in [2.45, 2.75) is 51.2 Å². The molecule has 0 bridgehead atoms. The van der Waals surface area contributed by atoms with Crippen LogP contribution < -0.4 is 4.74 Å². The summed E-state index contributed by atoms with van der Waals surface area (Å²) in [6.45, 7) is 1.94. The van der Waals surface area contributed by atoms with Crippen LogP contribution in [0.2, 0.25) is 5.02 Å². The van der Waals surface area contributed by atoms with E-state index in [-0.39, 0.29) is 17.9 Å². The number of benzene rings is 1. The summed E-state index contributed by atoms with van der Waals surface area (Å²) in [6.07, 6.45) is 5.66. The van der Waals surface area contributed by atoms with Crippen LogP contribution in [0.5, 0.6) is 5.88 Å². The van der Waals surface area contributed by atoms with E-state index < -0.39 is 0 Å². The second-order valence-corrected chi connectivity index (χ2v) is 8.36. The van der Waals surface area contributed by atoms with Crippen LogP contribution in [-0.2, 0) is 11.3 Å². The van der Waals surface area contributed by atoms with Crippen LogP contribution >= 0.6 is 11.6 Å². The highest BCUT2D eigenvalue weighted by atomic mass is 35.5. The number of hydrogen-bond acceptors (Lipinski definition) is 5. The Morgan fingerprint density at radius 2 is 1.87 bits per heavy atom. The molecule has 1 saturated carbocycles. The average molecular weight is 440 g/mol. The highest BCUT2D eigenvalue weighted by molar-refractivity contribution is 6.30. The summed E-state index contributed by atoms with van der Waals surface area (Å²) in [5, 5.41) is 9.67. The first-order valence-electron chi connectivity index (χ1n) is 10.5. The van der Waals surface area contributed by atoms with Gasteiger partial charge in [0.05, 0.1) is 6.54 Å². The predicted octanol–water partition coefficient (Wildman–Crippen LogP) is 4.40. The van der Waals surface area contributed by atoms with Gasteiger partial charge in [-0.3, -0.25) is 9.36 Å². The lowest BCUT2D eigenvalue weighted by Gasteiger charge is -2.28. The zero-order valence-electron chi connectivity index (χ0n) is 17.7. The summed E-state index contributed by atoms with van der Waals surface area (Å²) in [4.78, 5) is 17.7. The van der Waals surface area contributed by atoms with Gasteiger partial charge in [0, 0.05) is 42.9 Å². The van der Waals surface area contributed by atoms with Crippen LogP contribution in [-0.4, -0.2) is 43.7 Å². The highest BCUT2D eigenvalue weighted by Gasteiger charge is 2.29. The molecule has 2 aromatic heterocycles. The second kappa shape index (κ2) is 9.47. The molecule has 8 heteroatoms. The zero-order chi connectivity index (χ0) is 21.8. The van der Waals surface area contributed by atoms with E-state index in [1.165, 1.54) is 0 Å². The second-order valence-electron chi connectivity index (χ2n) is 7.92. The van der Waals surface area contributed by atoms with Crippen LogP contribution in [0, 0.1) is 0 Å². The van der Waals surface area contributed by atoms with Gasteiger partial charge in [0.2, 0.25) is 11.8 Å². The van der Waals surface area contributed by atoms with Gasteiger partial charge >= 0.3 is 0 Å². The number of carbonyl (C=O) groups is 1. The average Bonchev–Trinajstić information content (AvgIpc) is 3.19. The quantitative estimate of drug-likeness (QED) is 0.569. The van der Waals surface area contributed by atoms with E-state index in [2.05, 4.69) is 19.7 Å². The van der Waals surface area contributed by atoms with Gasteiger partial charge in [0.15, 0.2) is 5.82 Å². The molecule has 0 saturated heterocycles. The first-order valence-corrected chi connectivity index (χ1v) is 10.9. The number of carbonyl (C=O) groups excluding carboxylic acids is 1. The van der Waals surface area contributed by atoms with E-state index in [9.17, 15) is 4.79 Å². The van der Waals surface area contributed by atoms with Crippen molar-refractivity contribution < 1.29 is 9.53 Å². The molecule has 0 radical (unpaired) electrons. The van der Waals surface area contributed by atoms with Gasteiger partial charge in [-0.1, -0.05) is 17.7 Å². The minimum Gasteiger partial charge on any atom is -0.474 e. The molecule has 0 N–H and O–H groups in total. The first kappa shape index (κ1) is 21.3. The number of ether oxygens (including phenoxy) is 1. The van der Waals surface area contributed by atoms with Gasteiger partial charge in [-0.2, -0.15) is 0 Å². The molecular formula is C23H26ClN5O2. The number of pyridine rings is 1. The Morgan fingerprint density at radius 1 is 1.13 bits per heavy atom. The molecular weight excluding hydrogens is 414 g/mol. The largest absolute Gasteiger partial charge is 0.474 e. The summed E-state index contributed by atoms with van der Waals surface area (Å²) >= 11 is 6.10. The number of nitrogens with zero attached hydrogens (tertiary/aromatic N) is 5. The van der Waals surface area contributed by atoms with Gasteiger partial charge in [-0.05, 0) is 56.0 Å². The summed E-state index contributed by atoms with van der Waals surface area (Å²) in [7, 11) is 1.77. The summed E-state index contributed by atoms with van der Waals surface area (Å²) in [5.41, 5.74) is 0.947. The Labute approximate surface area is 187 Å². The Hall–Kier alpha value is -2.93. The third kappa shape index (κ3) is 5.05. The van der Waals surface area contributed by atoms with Crippen molar-refractivity contribution in [1.29, 1.82) is 0 Å². The van der Waals surface area contributed by atoms with Crippen LogP contribution in [0.3, 0.4) is 0 Å². The van der Waals surface area contributed by atoms with Gasteiger partial charge in [0.1, 0.15) is 11.9 Å². The molecule has 0 atom stereocenters. The highest BCUT2D eigenvalue weighted by Crippen LogP contribution is 2.35. The third-order valence-corrected chi connectivity index (χ3v) is 5.97. The van der Waals surface area contributed by atoms with Crippen molar-refractivity contribution >= 4 is 17.5 Å². The van der Waals surface area contributed by atoms with E-state index in [0.29, 0.717) is 17.4 Å². The maximum absolute atomic E-state index is 11.8. The van der Waals surface area contributed by atoms with Crippen molar-refractivity contribution in [3.8, 4) is 11.6 Å². The molecule has 31 heavy (non-hydrogen) atoms. The SMILES string of the molecule is CC(=O)N(C)Cc1nnc(C2CCC(Oc3ccccn3)CC2)n1-c1ccc(Cl)cc1. The lowest BCUT2D eigenvalue weighted by atomic mass is 9.86. The normalized spacial score (nSPS) is 18.5. The maximum atomic E-state index is 11.8. The molecule has 0 unspecified atom stereocenters. The lowest BCUT2D eigenvalue weighted by molar-refractivity contribution is -0.128. The zero-order valence-corrected chi connectivity index (χ0v) is 18.5. The standard InChI is InChI=1S/C23H26ClN5O2/c1-16(30)28(2)15-21-26-27-23(29(21)19-10-8-18(24)9-11-19)17-6-12-20(13-7-17)31-22-5-3-4-14-25-22/h3-5,8-11,14,17,20H,6-7,12-13,15H2,1-2H3. The fourth-order valence-electron chi connectivity index (χ4n) is 3.92. The predicted molar refractivity (Wildman–Crippen MR) is 118 cm³/mol. The van der Waals surface area contributed by atoms with Crippen LogP contribution in [0.4, 0.5) is 0 Å². The van der Waals surface area contributed by atoms with Crippen molar-refractivity contribution in [1.82, 2.24) is 24.6 Å². The topological polar surface area (TPSA) is 73.1 Å². The summed E-state index contributed by atoms with van der Waals surface area (Å²) in [5.74, 6) is 2.58. The Balaban J connectivity index is 1.54. The fraction of sp³-hybridized carbons (Fsp3) is 0.391. The lowest BCUT2D eigenvalue weighted by Crippen LogP contribution is -2.26. The molecule has 1 amide bonds. The van der Waals surface area contributed by atoms with E-state index in [4.69, 9.17) is 16.3 Å². The van der Waals surface area contributed by atoms with Gasteiger partial charge in [-0.25, -0.2) is 4.98 Å². The van der Waals surface area contributed by atoms with Crippen LogP contribution in [0.15, 0.2) is 48.7 Å².